The van der Waals surface area contributed by atoms with E-state index in [1.807, 2.05) is 30.3 Å². The quantitative estimate of drug-likeness (QED) is 0.695. The lowest BCUT2D eigenvalue weighted by Crippen LogP contribution is -2.10. The first-order valence-electron chi connectivity index (χ1n) is 7.69. The second kappa shape index (κ2) is 7.31. The number of esters is 1. The van der Waals surface area contributed by atoms with Crippen molar-refractivity contribution in [2.45, 2.75) is 13.8 Å². The number of nitrogens with one attached hydrogen (secondary N) is 1. The third-order valence-electron chi connectivity index (χ3n) is 3.32. The molecule has 0 unspecified atom stereocenters. The van der Waals surface area contributed by atoms with Crippen molar-refractivity contribution >= 4 is 28.3 Å². The zero-order chi connectivity index (χ0) is 17.8. The van der Waals surface area contributed by atoms with Gasteiger partial charge in [0, 0.05) is 5.56 Å². The number of aromatic nitrogens is 1. The highest BCUT2D eigenvalue weighted by Gasteiger charge is 2.22. The van der Waals surface area contributed by atoms with Gasteiger partial charge >= 0.3 is 5.97 Å². The van der Waals surface area contributed by atoms with Gasteiger partial charge in [0.25, 0.3) is 5.91 Å². The van der Waals surface area contributed by atoms with Crippen LogP contribution in [-0.4, -0.2) is 23.5 Å². The molecule has 1 aromatic carbocycles. The van der Waals surface area contributed by atoms with Crippen LogP contribution in [0.25, 0.3) is 11.3 Å². The molecular formula is C18H16N2O4S. The van der Waals surface area contributed by atoms with Crippen molar-refractivity contribution in [2.75, 3.05) is 11.9 Å². The number of aryl methyl sites for hydroxylation is 1. The van der Waals surface area contributed by atoms with Crippen LogP contribution in [0.2, 0.25) is 0 Å². The molecule has 0 atom stereocenters. The molecule has 0 radical (unpaired) electrons. The van der Waals surface area contributed by atoms with E-state index in [9.17, 15) is 9.59 Å². The lowest BCUT2D eigenvalue weighted by molar-refractivity contribution is 0.0532. The third-order valence-corrected chi connectivity index (χ3v) is 4.27. The van der Waals surface area contributed by atoms with Gasteiger partial charge in [-0.1, -0.05) is 41.7 Å². The zero-order valence-corrected chi connectivity index (χ0v) is 14.6. The van der Waals surface area contributed by atoms with Gasteiger partial charge in [0.1, 0.15) is 10.6 Å². The monoisotopic (exact) mass is 356 g/mol. The van der Waals surface area contributed by atoms with E-state index in [2.05, 4.69) is 10.3 Å². The molecule has 3 aromatic rings. The maximum atomic E-state index is 12.2. The Morgan fingerprint density at radius 1 is 1.20 bits per heavy atom. The van der Waals surface area contributed by atoms with E-state index >= 15 is 0 Å². The highest BCUT2D eigenvalue weighted by atomic mass is 32.1. The number of hydrogen-bond acceptors (Lipinski definition) is 6. The van der Waals surface area contributed by atoms with E-state index in [0.29, 0.717) is 21.5 Å². The Hall–Kier alpha value is -2.93. The molecule has 0 aliphatic rings. The van der Waals surface area contributed by atoms with Gasteiger partial charge in [-0.15, -0.1) is 0 Å². The molecule has 0 saturated heterocycles. The molecule has 25 heavy (non-hydrogen) atoms. The van der Waals surface area contributed by atoms with E-state index in [1.165, 1.54) is 0 Å². The van der Waals surface area contributed by atoms with Crippen LogP contribution < -0.4 is 5.32 Å². The second-order valence-corrected chi connectivity index (χ2v) is 6.15. The number of carbonyl (C=O) groups is 2. The fraction of sp³-hybridized carbons (Fsp3) is 0.167. The maximum Gasteiger partial charge on any atom is 0.350 e. The van der Waals surface area contributed by atoms with Crippen molar-refractivity contribution in [2.24, 2.45) is 0 Å². The van der Waals surface area contributed by atoms with Gasteiger partial charge in [0.15, 0.2) is 10.9 Å². The molecule has 0 aliphatic heterocycles. The van der Waals surface area contributed by atoms with Crippen LogP contribution in [0.3, 0.4) is 0 Å². The van der Waals surface area contributed by atoms with E-state index < -0.39 is 11.9 Å². The summed E-state index contributed by atoms with van der Waals surface area (Å²) in [4.78, 5) is 29.2. The number of rotatable bonds is 5. The minimum Gasteiger partial charge on any atom is -0.462 e. The highest BCUT2D eigenvalue weighted by molar-refractivity contribution is 7.18. The highest BCUT2D eigenvalue weighted by Crippen LogP contribution is 2.32. The zero-order valence-electron chi connectivity index (χ0n) is 13.7. The molecule has 0 bridgehead atoms. The summed E-state index contributed by atoms with van der Waals surface area (Å²) in [5.74, 6) is -0.0572. The Morgan fingerprint density at radius 3 is 2.60 bits per heavy atom. The van der Waals surface area contributed by atoms with E-state index in [0.717, 1.165) is 16.9 Å². The van der Waals surface area contributed by atoms with Gasteiger partial charge in [0.05, 0.1) is 12.3 Å². The van der Waals surface area contributed by atoms with Gasteiger partial charge in [-0.3, -0.25) is 10.1 Å². The van der Waals surface area contributed by atoms with Crippen LogP contribution in [0.15, 0.2) is 46.9 Å². The Bertz CT molecular complexity index is 899. The van der Waals surface area contributed by atoms with Gasteiger partial charge in [-0.05, 0) is 26.0 Å². The van der Waals surface area contributed by atoms with Gasteiger partial charge < -0.3 is 9.15 Å². The van der Waals surface area contributed by atoms with Gasteiger partial charge in [0.2, 0.25) is 0 Å². The van der Waals surface area contributed by atoms with E-state index in [1.54, 1.807) is 26.0 Å². The fourth-order valence-corrected chi connectivity index (χ4v) is 3.09. The molecule has 1 amide bonds. The van der Waals surface area contributed by atoms with Crippen molar-refractivity contribution in [3.8, 4) is 11.3 Å². The average molecular weight is 356 g/mol. The summed E-state index contributed by atoms with van der Waals surface area (Å²) in [5.41, 5.74) is 1.26. The molecule has 7 heteroatoms. The van der Waals surface area contributed by atoms with Crippen molar-refractivity contribution < 1.29 is 18.7 Å². The maximum absolute atomic E-state index is 12.2. The van der Waals surface area contributed by atoms with Crippen LogP contribution in [0.4, 0.5) is 5.13 Å². The summed E-state index contributed by atoms with van der Waals surface area (Å²) in [6.45, 7) is 3.76. The number of carbonyl (C=O) groups excluding carboxylic acids is 2. The molecule has 0 spiro atoms. The lowest BCUT2D eigenvalue weighted by Gasteiger charge is -2.01. The number of nitrogens with zero attached hydrogens (tertiary/aromatic N) is 1. The standard InChI is InChI=1S/C18H16N2O4S/c1-3-23-17(22)15-14(12-7-5-4-6-8-12)19-18(25-15)20-16(21)13-10-9-11(2)24-13/h4-10H,3H2,1-2H3,(H,19,20,21). The molecule has 2 heterocycles. The van der Waals surface area contributed by atoms with Crippen LogP contribution >= 0.6 is 11.3 Å². The minimum absolute atomic E-state index is 0.187. The van der Waals surface area contributed by atoms with Crippen LogP contribution in [0.5, 0.6) is 0 Å². The molecule has 3 rings (SSSR count). The van der Waals surface area contributed by atoms with Crippen LogP contribution in [-0.2, 0) is 4.74 Å². The van der Waals surface area contributed by atoms with Crippen molar-refractivity contribution in [3.63, 3.8) is 0 Å². The number of amides is 1. The van der Waals surface area contributed by atoms with E-state index in [4.69, 9.17) is 9.15 Å². The first-order chi connectivity index (χ1) is 12.1. The van der Waals surface area contributed by atoms with Crippen LogP contribution in [0.1, 0.15) is 32.9 Å². The fourth-order valence-electron chi connectivity index (χ4n) is 2.22. The number of hydrogen-bond donors (Lipinski definition) is 1. The molecule has 0 saturated carbocycles. The topological polar surface area (TPSA) is 81.4 Å². The van der Waals surface area contributed by atoms with Gasteiger partial charge in [-0.2, -0.15) is 0 Å². The smallest absolute Gasteiger partial charge is 0.350 e. The summed E-state index contributed by atoms with van der Waals surface area (Å²) in [5, 5.41) is 2.97. The predicted octanol–water partition coefficient (Wildman–Crippen LogP) is 4.14. The van der Waals surface area contributed by atoms with Gasteiger partial charge in [-0.25, -0.2) is 9.78 Å². The van der Waals surface area contributed by atoms with Crippen molar-refractivity contribution in [3.05, 3.63) is 58.9 Å². The Balaban J connectivity index is 1.93. The molecule has 0 fully saturated rings. The molecule has 1 N–H and O–H groups in total. The first kappa shape index (κ1) is 16.9. The lowest BCUT2D eigenvalue weighted by atomic mass is 10.1. The average Bonchev–Trinajstić information content (AvgIpc) is 3.22. The largest absolute Gasteiger partial charge is 0.462 e. The minimum atomic E-state index is -0.465. The Morgan fingerprint density at radius 2 is 1.96 bits per heavy atom. The van der Waals surface area contributed by atoms with Crippen molar-refractivity contribution in [1.29, 1.82) is 0 Å². The predicted molar refractivity (Wildman–Crippen MR) is 94.9 cm³/mol. The van der Waals surface area contributed by atoms with Crippen molar-refractivity contribution in [1.82, 2.24) is 4.98 Å². The summed E-state index contributed by atoms with van der Waals surface area (Å²) in [6.07, 6.45) is 0. The summed E-state index contributed by atoms with van der Waals surface area (Å²) in [6, 6.07) is 12.6. The van der Waals surface area contributed by atoms with Crippen LogP contribution in [0, 0.1) is 6.92 Å². The Labute approximate surface area is 148 Å². The van der Waals surface area contributed by atoms with E-state index in [-0.39, 0.29) is 12.4 Å². The summed E-state index contributed by atoms with van der Waals surface area (Å²) >= 11 is 1.07. The summed E-state index contributed by atoms with van der Waals surface area (Å²) in [7, 11) is 0. The first-order valence-corrected chi connectivity index (χ1v) is 8.51. The molecule has 6 nitrogen and oxygen atoms in total. The number of benzene rings is 1. The number of ether oxygens (including phenoxy) is 1. The molecule has 2 aromatic heterocycles. The number of thiazole rings is 1. The SMILES string of the molecule is CCOC(=O)c1sc(NC(=O)c2ccc(C)o2)nc1-c1ccccc1. The normalized spacial score (nSPS) is 10.5. The Kier molecular flexibility index (Phi) is 4.95. The molecule has 0 aliphatic carbocycles. The second-order valence-electron chi connectivity index (χ2n) is 5.15. The third kappa shape index (κ3) is 3.77. The summed E-state index contributed by atoms with van der Waals surface area (Å²) < 4.78 is 10.4. The molecular weight excluding hydrogens is 340 g/mol. The number of furan rings is 1. The number of anilines is 1. The molecule has 128 valence electrons.